The molecule has 23 heavy (non-hydrogen) atoms. The van der Waals surface area contributed by atoms with Crippen LogP contribution in [0.2, 0.25) is 0 Å². The average molecular weight is 314 g/mol. The van der Waals surface area contributed by atoms with Gasteiger partial charge in [-0.05, 0) is 23.3 Å². The van der Waals surface area contributed by atoms with Gasteiger partial charge in [0.25, 0.3) is 0 Å². The van der Waals surface area contributed by atoms with Gasteiger partial charge in [-0.3, -0.25) is 0 Å². The smallest absolute Gasteiger partial charge is 0.338 e. The van der Waals surface area contributed by atoms with E-state index in [9.17, 15) is 15.0 Å². The van der Waals surface area contributed by atoms with Gasteiger partial charge in [0, 0.05) is 6.42 Å². The highest BCUT2D eigenvalue weighted by Crippen LogP contribution is 2.21. The third kappa shape index (κ3) is 3.76. The number of aliphatic hydroxyl groups is 2. The molecule has 120 valence electrons. The maximum Gasteiger partial charge on any atom is 0.338 e. The standard InChI is InChI=1S/C18H18O5/c19-15-10-17(20)23-16(15)11-22-18(21)14-8-6-13(7-9-14)12-4-2-1-3-5-12/h1-9,15-17,19-20H,10-11H2/t15-,16+,17?/m0/s1. The number of carbonyl (C=O) groups is 1. The van der Waals surface area contributed by atoms with E-state index in [1.165, 1.54) is 0 Å². The Morgan fingerprint density at radius 2 is 1.70 bits per heavy atom. The Balaban J connectivity index is 1.60. The quantitative estimate of drug-likeness (QED) is 0.844. The Labute approximate surface area is 134 Å². The first-order valence-corrected chi connectivity index (χ1v) is 7.47. The van der Waals surface area contributed by atoms with Crippen molar-refractivity contribution < 1.29 is 24.5 Å². The third-order valence-corrected chi connectivity index (χ3v) is 3.81. The third-order valence-electron chi connectivity index (χ3n) is 3.81. The summed E-state index contributed by atoms with van der Waals surface area (Å²) in [5.41, 5.74) is 2.52. The van der Waals surface area contributed by atoms with Crippen molar-refractivity contribution in [3.05, 3.63) is 60.2 Å². The van der Waals surface area contributed by atoms with Crippen LogP contribution in [0.4, 0.5) is 0 Å². The highest BCUT2D eigenvalue weighted by molar-refractivity contribution is 5.90. The van der Waals surface area contributed by atoms with E-state index < -0.39 is 24.5 Å². The number of aliphatic hydroxyl groups excluding tert-OH is 2. The molecule has 2 N–H and O–H groups in total. The minimum atomic E-state index is -1.00. The average Bonchev–Trinajstić information content (AvgIpc) is 2.91. The van der Waals surface area contributed by atoms with Crippen LogP contribution in [0.1, 0.15) is 16.8 Å². The minimum absolute atomic E-state index is 0.0858. The molecule has 2 aromatic carbocycles. The Hall–Kier alpha value is -2.21. The predicted octanol–water partition coefficient (Wildman–Crippen LogP) is 1.98. The molecule has 0 saturated carbocycles. The van der Waals surface area contributed by atoms with E-state index in [4.69, 9.17) is 9.47 Å². The first kappa shape index (κ1) is 15.7. The highest BCUT2D eigenvalue weighted by Gasteiger charge is 2.33. The van der Waals surface area contributed by atoms with Crippen LogP contribution in [0.15, 0.2) is 54.6 Å². The number of carbonyl (C=O) groups excluding carboxylic acids is 1. The molecule has 0 bridgehead atoms. The van der Waals surface area contributed by atoms with Crippen molar-refractivity contribution >= 4 is 5.97 Å². The summed E-state index contributed by atoms with van der Waals surface area (Å²) in [7, 11) is 0. The molecule has 5 heteroatoms. The number of hydrogen-bond donors (Lipinski definition) is 2. The van der Waals surface area contributed by atoms with Crippen LogP contribution in [0, 0.1) is 0 Å². The van der Waals surface area contributed by atoms with Crippen LogP contribution in [-0.4, -0.2) is 41.3 Å². The van der Waals surface area contributed by atoms with Gasteiger partial charge >= 0.3 is 5.97 Å². The van der Waals surface area contributed by atoms with Crippen LogP contribution in [0.3, 0.4) is 0 Å². The molecule has 3 rings (SSSR count). The van der Waals surface area contributed by atoms with Gasteiger partial charge in [-0.25, -0.2) is 4.79 Å². The first-order valence-electron chi connectivity index (χ1n) is 7.47. The van der Waals surface area contributed by atoms with Crippen molar-refractivity contribution in [2.45, 2.75) is 24.9 Å². The predicted molar refractivity (Wildman–Crippen MR) is 83.7 cm³/mol. The molecule has 0 radical (unpaired) electrons. The molecule has 3 atom stereocenters. The number of esters is 1. The molecule has 1 aliphatic heterocycles. The molecule has 1 fully saturated rings. The largest absolute Gasteiger partial charge is 0.459 e. The SMILES string of the molecule is O=C(OC[C@H]1OC(O)C[C@@H]1O)c1ccc(-c2ccccc2)cc1. The lowest BCUT2D eigenvalue weighted by atomic mass is 10.0. The zero-order valence-corrected chi connectivity index (χ0v) is 12.5. The molecule has 2 aromatic rings. The molecular formula is C18H18O5. The second kappa shape index (κ2) is 6.91. The van der Waals surface area contributed by atoms with E-state index in [0.29, 0.717) is 5.56 Å². The van der Waals surface area contributed by atoms with E-state index in [1.54, 1.807) is 12.1 Å². The number of benzene rings is 2. The first-order chi connectivity index (χ1) is 11.1. The van der Waals surface area contributed by atoms with Crippen molar-refractivity contribution in [2.24, 2.45) is 0 Å². The maximum atomic E-state index is 12.0. The van der Waals surface area contributed by atoms with Gasteiger partial charge in [0.15, 0.2) is 6.29 Å². The van der Waals surface area contributed by atoms with Gasteiger partial charge in [-0.2, -0.15) is 0 Å². The van der Waals surface area contributed by atoms with E-state index >= 15 is 0 Å². The summed E-state index contributed by atoms with van der Waals surface area (Å²) < 4.78 is 10.2. The van der Waals surface area contributed by atoms with Gasteiger partial charge in [-0.1, -0.05) is 42.5 Å². The summed E-state index contributed by atoms with van der Waals surface area (Å²) in [4.78, 5) is 12.0. The normalized spacial score (nSPS) is 23.7. The summed E-state index contributed by atoms with van der Waals surface area (Å²) in [6.07, 6.45) is -2.37. The van der Waals surface area contributed by atoms with Gasteiger partial charge in [0.05, 0.1) is 11.7 Å². The second-order valence-corrected chi connectivity index (χ2v) is 5.47. The van der Waals surface area contributed by atoms with Crippen molar-refractivity contribution in [3.63, 3.8) is 0 Å². The summed E-state index contributed by atoms with van der Waals surface area (Å²) >= 11 is 0. The summed E-state index contributed by atoms with van der Waals surface area (Å²) in [5, 5.41) is 18.9. The molecular weight excluding hydrogens is 296 g/mol. The Morgan fingerprint density at radius 3 is 2.30 bits per heavy atom. The molecule has 5 nitrogen and oxygen atoms in total. The molecule has 0 aromatic heterocycles. The van der Waals surface area contributed by atoms with Crippen molar-refractivity contribution in [3.8, 4) is 11.1 Å². The van der Waals surface area contributed by atoms with Crippen molar-refractivity contribution in [1.82, 2.24) is 0 Å². The van der Waals surface area contributed by atoms with Crippen LogP contribution in [-0.2, 0) is 9.47 Å². The zero-order valence-electron chi connectivity index (χ0n) is 12.5. The van der Waals surface area contributed by atoms with Crippen LogP contribution in [0.25, 0.3) is 11.1 Å². The molecule has 0 aliphatic carbocycles. The summed E-state index contributed by atoms with van der Waals surface area (Å²) in [6, 6.07) is 17.0. The fraction of sp³-hybridized carbons (Fsp3) is 0.278. The van der Waals surface area contributed by atoms with Crippen LogP contribution in [0.5, 0.6) is 0 Å². The molecule has 0 amide bonds. The Kier molecular flexibility index (Phi) is 4.71. The van der Waals surface area contributed by atoms with Crippen LogP contribution < -0.4 is 0 Å². The lowest BCUT2D eigenvalue weighted by molar-refractivity contribution is -0.109. The number of rotatable bonds is 4. The Bertz CT molecular complexity index is 653. The highest BCUT2D eigenvalue weighted by atomic mass is 16.6. The van der Waals surface area contributed by atoms with E-state index in [0.717, 1.165) is 11.1 Å². The van der Waals surface area contributed by atoms with Gasteiger partial charge in [-0.15, -0.1) is 0 Å². The van der Waals surface area contributed by atoms with Crippen LogP contribution >= 0.6 is 0 Å². The monoisotopic (exact) mass is 314 g/mol. The van der Waals surface area contributed by atoms with E-state index in [1.807, 2.05) is 42.5 Å². The number of ether oxygens (including phenoxy) is 2. The van der Waals surface area contributed by atoms with Gasteiger partial charge in [0.2, 0.25) is 0 Å². The van der Waals surface area contributed by atoms with Gasteiger partial charge < -0.3 is 19.7 Å². The minimum Gasteiger partial charge on any atom is -0.459 e. The fourth-order valence-corrected chi connectivity index (χ4v) is 2.53. The molecule has 1 saturated heterocycles. The van der Waals surface area contributed by atoms with Gasteiger partial charge in [0.1, 0.15) is 12.7 Å². The van der Waals surface area contributed by atoms with E-state index in [2.05, 4.69) is 0 Å². The Morgan fingerprint density at radius 1 is 1.04 bits per heavy atom. The second-order valence-electron chi connectivity index (χ2n) is 5.47. The van der Waals surface area contributed by atoms with Crippen molar-refractivity contribution in [2.75, 3.05) is 6.61 Å². The molecule has 1 aliphatic rings. The summed E-state index contributed by atoms with van der Waals surface area (Å²) in [6.45, 7) is -0.0858. The number of hydrogen-bond acceptors (Lipinski definition) is 5. The fourth-order valence-electron chi connectivity index (χ4n) is 2.53. The lowest BCUT2D eigenvalue weighted by Crippen LogP contribution is -2.28. The molecule has 1 unspecified atom stereocenters. The van der Waals surface area contributed by atoms with E-state index in [-0.39, 0.29) is 13.0 Å². The topological polar surface area (TPSA) is 76.0 Å². The molecule has 1 heterocycles. The maximum absolute atomic E-state index is 12.0. The lowest BCUT2D eigenvalue weighted by Gasteiger charge is -2.14. The summed E-state index contributed by atoms with van der Waals surface area (Å²) in [5.74, 6) is -0.484. The van der Waals surface area contributed by atoms with Crippen molar-refractivity contribution in [1.29, 1.82) is 0 Å². The zero-order chi connectivity index (χ0) is 16.2. The molecule has 0 spiro atoms.